The van der Waals surface area contributed by atoms with Crippen LogP contribution in [0.15, 0.2) is 80.7 Å². The van der Waals surface area contributed by atoms with Crippen molar-refractivity contribution in [1.82, 2.24) is 0 Å². The lowest BCUT2D eigenvalue weighted by atomic mass is 9.77. The largest absolute Gasteiger partial charge is 0.464 e. The number of thioether (sulfide) groups is 1. The number of fused-ring (bicyclic) bond motifs is 5. The summed E-state index contributed by atoms with van der Waals surface area (Å²) in [4.78, 5) is 1.10. The fraction of sp³-hybridized carbons (Fsp3) is 0.333. The van der Waals surface area contributed by atoms with E-state index >= 15 is 0 Å². The fourth-order valence-electron chi connectivity index (χ4n) is 4.44. The highest BCUT2D eigenvalue weighted by Gasteiger charge is 2.34. The summed E-state index contributed by atoms with van der Waals surface area (Å²) in [7, 11) is 0. The number of allylic oxidation sites excluding steroid dienone is 9. The minimum atomic E-state index is 0.150. The standard InChI is InChI=1S/C21H20O2S/c22-11-15-10-19-14(12-24-15)6-7-17-16-4-1-5-18(16)21-13(9-20(17)19)3-2-8-23-21/h2-3,6,8-10,19,22H,1,4-5,7,11-12H2. The van der Waals surface area contributed by atoms with E-state index in [-0.39, 0.29) is 6.61 Å². The van der Waals surface area contributed by atoms with Gasteiger partial charge >= 0.3 is 0 Å². The van der Waals surface area contributed by atoms with Crippen molar-refractivity contribution < 1.29 is 9.84 Å². The Labute approximate surface area is 146 Å². The van der Waals surface area contributed by atoms with Crippen molar-refractivity contribution in [2.24, 2.45) is 5.92 Å². The van der Waals surface area contributed by atoms with Crippen LogP contribution in [0.1, 0.15) is 25.7 Å². The first-order chi connectivity index (χ1) is 11.8. The van der Waals surface area contributed by atoms with Gasteiger partial charge in [0.05, 0.1) is 12.9 Å². The summed E-state index contributed by atoms with van der Waals surface area (Å²) in [5.74, 6) is 2.38. The quantitative estimate of drug-likeness (QED) is 0.704. The van der Waals surface area contributed by atoms with Gasteiger partial charge in [0.2, 0.25) is 0 Å². The van der Waals surface area contributed by atoms with E-state index in [0.29, 0.717) is 5.92 Å². The van der Waals surface area contributed by atoms with E-state index in [4.69, 9.17) is 4.74 Å². The van der Waals surface area contributed by atoms with Gasteiger partial charge in [-0.3, -0.25) is 0 Å². The van der Waals surface area contributed by atoms with Crippen molar-refractivity contribution in [1.29, 1.82) is 0 Å². The van der Waals surface area contributed by atoms with Gasteiger partial charge in [-0.15, -0.1) is 11.8 Å². The van der Waals surface area contributed by atoms with Gasteiger partial charge in [0.1, 0.15) is 5.76 Å². The number of rotatable bonds is 1. The second-order valence-electron chi connectivity index (χ2n) is 6.83. The molecule has 3 aliphatic carbocycles. The summed E-state index contributed by atoms with van der Waals surface area (Å²) in [5, 5.41) is 9.58. The molecule has 0 bridgehead atoms. The SMILES string of the molecule is OCC1=CC2C(=CCC3=C4CCCC4=C4OC=CC=C4C=C32)CS1. The second-order valence-corrected chi connectivity index (χ2v) is 7.93. The summed E-state index contributed by atoms with van der Waals surface area (Å²) >= 11 is 1.77. The molecule has 1 atom stereocenters. The lowest BCUT2D eigenvalue weighted by Gasteiger charge is -2.32. The summed E-state index contributed by atoms with van der Waals surface area (Å²) in [6, 6.07) is 0. The first kappa shape index (κ1) is 14.6. The van der Waals surface area contributed by atoms with Crippen LogP contribution in [0.25, 0.3) is 0 Å². The molecule has 0 aromatic carbocycles. The van der Waals surface area contributed by atoms with E-state index in [2.05, 4.69) is 24.3 Å². The van der Waals surface area contributed by atoms with Gasteiger partial charge in [-0.2, -0.15) is 0 Å². The van der Waals surface area contributed by atoms with E-state index < -0.39 is 0 Å². The van der Waals surface area contributed by atoms with Crippen molar-refractivity contribution >= 4 is 11.8 Å². The van der Waals surface area contributed by atoms with Crippen LogP contribution < -0.4 is 0 Å². The zero-order chi connectivity index (χ0) is 16.1. The van der Waals surface area contributed by atoms with Gasteiger partial charge in [0.15, 0.2) is 0 Å². The van der Waals surface area contributed by atoms with Crippen molar-refractivity contribution in [2.75, 3.05) is 12.4 Å². The molecule has 5 aliphatic rings. The van der Waals surface area contributed by atoms with E-state index in [1.165, 1.54) is 39.9 Å². The topological polar surface area (TPSA) is 29.5 Å². The van der Waals surface area contributed by atoms with Gasteiger partial charge < -0.3 is 9.84 Å². The zero-order valence-electron chi connectivity index (χ0n) is 13.5. The molecule has 1 unspecified atom stereocenters. The Morgan fingerprint density at radius 3 is 3.04 bits per heavy atom. The van der Waals surface area contributed by atoms with Gasteiger partial charge in [-0.1, -0.05) is 17.7 Å². The maximum absolute atomic E-state index is 9.58. The van der Waals surface area contributed by atoms with Crippen LogP contribution in [0.2, 0.25) is 0 Å². The number of aliphatic hydroxyl groups is 1. The Morgan fingerprint density at radius 2 is 2.12 bits per heavy atom. The number of hydrogen-bond donors (Lipinski definition) is 1. The highest BCUT2D eigenvalue weighted by molar-refractivity contribution is 8.03. The van der Waals surface area contributed by atoms with Crippen LogP contribution in [-0.2, 0) is 4.74 Å². The molecule has 0 radical (unpaired) electrons. The van der Waals surface area contributed by atoms with E-state index in [1.807, 2.05) is 6.08 Å². The molecule has 3 heteroatoms. The number of hydrogen-bond acceptors (Lipinski definition) is 3. The highest BCUT2D eigenvalue weighted by atomic mass is 32.2. The minimum Gasteiger partial charge on any atom is -0.464 e. The Morgan fingerprint density at radius 1 is 1.21 bits per heavy atom. The monoisotopic (exact) mass is 336 g/mol. The molecule has 0 saturated heterocycles. The van der Waals surface area contributed by atoms with Crippen LogP contribution in [-0.4, -0.2) is 17.5 Å². The Bertz CT molecular complexity index is 830. The summed E-state index contributed by atoms with van der Waals surface area (Å²) in [6.07, 6.45) is 17.5. The molecule has 0 spiro atoms. The molecule has 2 aliphatic heterocycles. The Kier molecular flexibility index (Phi) is 3.46. The Balaban J connectivity index is 1.72. The van der Waals surface area contributed by atoms with Crippen LogP contribution in [0.5, 0.6) is 0 Å². The molecule has 1 fully saturated rings. The average molecular weight is 336 g/mol. The maximum Gasteiger partial charge on any atom is 0.137 e. The predicted molar refractivity (Wildman–Crippen MR) is 98.1 cm³/mol. The van der Waals surface area contributed by atoms with Crippen molar-refractivity contribution in [3.63, 3.8) is 0 Å². The maximum atomic E-state index is 9.58. The summed E-state index contributed by atoms with van der Waals surface area (Å²) < 4.78 is 5.94. The fourth-order valence-corrected chi connectivity index (χ4v) is 5.41. The second kappa shape index (κ2) is 5.68. The van der Waals surface area contributed by atoms with Crippen LogP contribution in [0, 0.1) is 5.92 Å². The van der Waals surface area contributed by atoms with Gasteiger partial charge in [-0.25, -0.2) is 0 Å². The lowest BCUT2D eigenvalue weighted by Crippen LogP contribution is -2.18. The smallest absolute Gasteiger partial charge is 0.137 e. The van der Waals surface area contributed by atoms with Gasteiger partial charge in [-0.05, 0) is 66.2 Å². The molecule has 0 amide bonds. The van der Waals surface area contributed by atoms with E-state index in [9.17, 15) is 5.11 Å². The van der Waals surface area contributed by atoms with Crippen molar-refractivity contribution in [3.05, 3.63) is 80.7 Å². The van der Waals surface area contributed by atoms with Crippen molar-refractivity contribution in [3.8, 4) is 0 Å². The molecular weight excluding hydrogens is 316 g/mol. The summed E-state index contributed by atoms with van der Waals surface area (Å²) in [5.41, 5.74) is 8.55. The average Bonchev–Trinajstić information content (AvgIpc) is 3.06. The molecule has 122 valence electrons. The van der Waals surface area contributed by atoms with Crippen molar-refractivity contribution in [2.45, 2.75) is 25.7 Å². The van der Waals surface area contributed by atoms with E-state index in [0.717, 1.165) is 35.7 Å². The van der Waals surface area contributed by atoms with Gasteiger partial charge in [0.25, 0.3) is 0 Å². The van der Waals surface area contributed by atoms with Crippen LogP contribution in [0.3, 0.4) is 0 Å². The Hall–Kier alpha value is -1.71. The van der Waals surface area contributed by atoms with Gasteiger partial charge in [0, 0.05) is 22.1 Å². The number of ether oxygens (including phenoxy) is 1. The van der Waals surface area contributed by atoms with E-state index in [1.54, 1.807) is 18.0 Å². The molecule has 2 heterocycles. The molecule has 1 N–H and O–H groups in total. The third kappa shape index (κ3) is 2.15. The normalized spacial score (nSPS) is 27.8. The first-order valence-electron chi connectivity index (χ1n) is 8.70. The third-order valence-electron chi connectivity index (χ3n) is 5.55. The first-order valence-corrected chi connectivity index (χ1v) is 9.68. The molecule has 24 heavy (non-hydrogen) atoms. The zero-order valence-corrected chi connectivity index (χ0v) is 14.4. The predicted octanol–water partition coefficient (Wildman–Crippen LogP) is 4.70. The minimum absolute atomic E-state index is 0.150. The highest BCUT2D eigenvalue weighted by Crippen LogP contribution is 2.50. The molecule has 1 saturated carbocycles. The lowest BCUT2D eigenvalue weighted by molar-refractivity contribution is 0.338. The number of aliphatic hydroxyl groups excluding tert-OH is 1. The molecule has 2 nitrogen and oxygen atoms in total. The van der Waals surface area contributed by atoms with Crippen LogP contribution in [0.4, 0.5) is 0 Å². The molecule has 0 aromatic rings. The third-order valence-corrected chi connectivity index (χ3v) is 6.67. The molecule has 0 aromatic heterocycles. The molecule has 5 rings (SSSR count). The summed E-state index contributed by atoms with van der Waals surface area (Å²) in [6.45, 7) is 0.150. The van der Waals surface area contributed by atoms with Crippen LogP contribution >= 0.6 is 11.8 Å². The molecular formula is C21H20O2S.